The van der Waals surface area contributed by atoms with Crippen LogP contribution in [0.5, 0.6) is 0 Å². The molecule has 1 atom stereocenters. The molecule has 1 spiro atoms. The lowest BCUT2D eigenvalue weighted by atomic mass is 9.78. The van der Waals surface area contributed by atoms with Crippen molar-refractivity contribution in [2.45, 2.75) is 63.5 Å². The molecule has 0 bridgehead atoms. The van der Waals surface area contributed by atoms with E-state index in [4.69, 9.17) is 0 Å². The molecule has 1 aromatic rings. The minimum atomic E-state index is 0.473. The third kappa shape index (κ3) is 3.10. The standard InChI is InChI=1S/C17H28N2S/c1-2-15-13-19(11-8-16-7-6-12-20-16)17(14-18-15)9-4-3-5-10-17/h6-7,12,15,18H,2-5,8-11,13-14H2,1H3. The van der Waals surface area contributed by atoms with Gasteiger partial charge in [0.05, 0.1) is 0 Å². The largest absolute Gasteiger partial charge is 0.311 e. The Morgan fingerprint density at radius 2 is 2.20 bits per heavy atom. The molecule has 2 fully saturated rings. The molecule has 3 rings (SSSR count). The Morgan fingerprint density at radius 3 is 2.90 bits per heavy atom. The van der Waals surface area contributed by atoms with E-state index in [0.29, 0.717) is 11.6 Å². The van der Waals surface area contributed by atoms with Gasteiger partial charge in [-0.05, 0) is 37.1 Å². The van der Waals surface area contributed by atoms with Crippen LogP contribution in [0.3, 0.4) is 0 Å². The smallest absolute Gasteiger partial charge is 0.0334 e. The summed E-state index contributed by atoms with van der Waals surface area (Å²) in [4.78, 5) is 4.39. The van der Waals surface area contributed by atoms with Gasteiger partial charge in [0.25, 0.3) is 0 Å². The monoisotopic (exact) mass is 292 g/mol. The van der Waals surface area contributed by atoms with Crippen molar-refractivity contribution in [3.05, 3.63) is 22.4 Å². The molecule has 1 aliphatic heterocycles. The normalized spacial score (nSPS) is 26.9. The average Bonchev–Trinajstić information content (AvgIpc) is 3.01. The van der Waals surface area contributed by atoms with Gasteiger partial charge >= 0.3 is 0 Å². The van der Waals surface area contributed by atoms with Gasteiger partial charge in [-0.25, -0.2) is 0 Å². The number of hydrogen-bond donors (Lipinski definition) is 1. The fraction of sp³-hybridized carbons (Fsp3) is 0.765. The van der Waals surface area contributed by atoms with E-state index in [9.17, 15) is 0 Å². The van der Waals surface area contributed by atoms with Crippen LogP contribution < -0.4 is 5.32 Å². The van der Waals surface area contributed by atoms with Gasteiger partial charge in [-0.3, -0.25) is 4.90 Å². The van der Waals surface area contributed by atoms with E-state index in [2.05, 4.69) is 34.7 Å². The molecular formula is C17H28N2S. The van der Waals surface area contributed by atoms with E-state index in [-0.39, 0.29) is 0 Å². The molecule has 2 heterocycles. The lowest BCUT2D eigenvalue weighted by molar-refractivity contribution is 0.0103. The minimum Gasteiger partial charge on any atom is -0.311 e. The maximum Gasteiger partial charge on any atom is 0.0334 e. The van der Waals surface area contributed by atoms with E-state index in [1.54, 1.807) is 4.88 Å². The highest BCUT2D eigenvalue weighted by molar-refractivity contribution is 7.09. The number of thiophene rings is 1. The van der Waals surface area contributed by atoms with Crippen LogP contribution in [0, 0.1) is 0 Å². The Bertz CT molecular complexity index is 395. The van der Waals surface area contributed by atoms with E-state index < -0.39 is 0 Å². The summed E-state index contributed by atoms with van der Waals surface area (Å²) in [7, 11) is 0. The first-order chi connectivity index (χ1) is 9.82. The second-order valence-corrected chi connectivity index (χ2v) is 7.58. The summed E-state index contributed by atoms with van der Waals surface area (Å²) in [6.45, 7) is 6.03. The third-order valence-electron chi connectivity index (χ3n) is 5.32. The van der Waals surface area contributed by atoms with Gasteiger partial charge in [-0.15, -0.1) is 11.3 Å². The topological polar surface area (TPSA) is 15.3 Å². The van der Waals surface area contributed by atoms with Gasteiger partial charge in [0, 0.05) is 36.1 Å². The van der Waals surface area contributed by atoms with Gasteiger partial charge in [-0.1, -0.05) is 32.3 Å². The quantitative estimate of drug-likeness (QED) is 0.911. The second kappa shape index (κ2) is 6.59. The summed E-state index contributed by atoms with van der Waals surface area (Å²) in [5, 5.41) is 6.02. The molecule has 1 N–H and O–H groups in total. The molecule has 2 nitrogen and oxygen atoms in total. The molecule has 2 aliphatic rings. The summed E-state index contributed by atoms with van der Waals surface area (Å²) in [6.07, 6.45) is 9.59. The molecule has 1 unspecified atom stereocenters. The van der Waals surface area contributed by atoms with Crippen molar-refractivity contribution in [3.63, 3.8) is 0 Å². The van der Waals surface area contributed by atoms with Crippen molar-refractivity contribution < 1.29 is 0 Å². The molecule has 112 valence electrons. The minimum absolute atomic E-state index is 0.473. The fourth-order valence-electron chi connectivity index (χ4n) is 3.98. The summed E-state index contributed by atoms with van der Waals surface area (Å²) >= 11 is 1.91. The Hall–Kier alpha value is -0.380. The first-order valence-electron chi connectivity index (χ1n) is 8.33. The Labute approximate surface area is 127 Å². The number of hydrogen-bond acceptors (Lipinski definition) is 3. The molecule has 0 aromatic carbocycles. The molecule has 0 amide bonds. The Kier molecular flexibility index (Phi) is 4.79. The van der Waals surface area contributed by atoms with Gasteiger partial charge in [-0.2, -0.15) is 0 Å². The van der Waals surface area contributed by atoms with Crippen LogP contribution in [0.4, 0.5) is 0 Å². The molecule has 1 saturated carbocycles. The van der Waals surface area contributed by atoms with Gasteiger partial charge in [0.15, 0.2) is 0 Å². The molecule has 0 radical (unpaired) electrons. The van der Waals surface area contributed by atoms with Crippen LogP contribution in [-0.2, 0) is 6.42 Å². The van der Waals surface area contributed by atoms with E-state index >= 15 is 0 Å². The number of rotatable bonds is 4. The van der Waals surface area contributed by atoms with Crippen molar-refractivity contribution in [1.82, 2.24) is 10.2 Å². The number of nitrogens with zero attached hydrogens (tertiary/aromatic N) is 1. The van der Waals surface area contributed by atoms with Crippen LogP contribution in [-0.4, -0.2) is 36.1 Å². The molecule has 1 saturated heterocycles. The van der Waals surface area contributed by atoms with E-state index in [1.165, 1.54) is 64.6 Å². The van der Waals surface area contributed by atoms with Crippen molar-refractivity contribution >= 4 is 11.3 Å². The van der Waals surface area contributed by atoms with Gasteiger partial charge in [0.1, 0.15) is 0 Å². The lowest BCUT2D eigenvalue weighted by Gasteiger charge is -2.52. The highest BCUT2D eigenvalue weighted by Gasteiger charge is 2.41. The molecule has 20 heavy (non-hydrogen) atoms. The van der Waals surface area contributed by atoms with Crippen LogP contribution in [0.15, 0.2) is 17.5 Å². The maximum absolute atomic E-state index is 3.81. The summed E-state index contributed by atoms with van der Waals surface area (Å²) < 4.78 is 0. The Morgan fingerprint density at radius 1 is 1.35 bits per heavy atom. The van der Waals surface area contributed by atoms with Crippen molar-refractivity contribution in [1.29, 1.82) is 0 Å². The highest BCUT2D eigenvalue weighted by Crippen LogP contribution is 2.35. The van der Waals surface area contributed by atoms with Gasteiger partial charge < -0.3 is 5.32 Å². The Balaban J connectivity index is 1.67. The first-order valence-corrected chi connectivity index (χ1v) is 9.21. The third-order valence-corrected chi connectivity index (χ3v) is 6.25. The molecule has 1 aliphatic carbocycles. The molecule has 3 heteroatoms. The van der Waals surface area contributed by atoms with Crippen molar-refractivity contribution in [3.8, 4) is 0 Å². The lowest BCUT2D eigenvalue weighted by Crippen LogP contribution is -2.65. The number of nitrogens with one attached hydrogen (secondary N) is 1. The molecule has 1 aromatic heterocycles. The molecular weight excluding hydrogens is 264 g/mol. The van der Waals surface area contributed by atoms with Crippen molar-refractivity contribution in [2.24, 2.45) is 0 Å². The van der Waals surface area contributed by atoms with Crippen LogP contribution in [0.25, 0.3) is 0 Å². The highest BCUT2D eigenvalue weighted by atomic mass is 32.1. The average molecular weight is 292 g/mol. The maximum atomic E-state index is 3.81. The fourth-order valence-corrected chi connectivity index (χ4v) is 4.67. The number of piperazine rings is 1. The van der Waals surface area contributed by atoms with Crippen LogP contribution >= 0.6 is 11.3 Å². The van der Waals surface area contributed by atoms with Crippen LogP contribution in [0.2, 0.25) is 0 Å². The SMILES string of the molecule is CCC1CN(CCc2cccs2)C2(CCCCC2)CN1. The summed E-state index contributed by atoms with van der Waals surface area (Å²) in [6, 6.07) is 5.17. The first kappa shape index (κ1) is 14.6. The van der Waals surface area contributed by atoms with Crippen LogP contribution in [0.1, 0.15) is 50.3 Å². The van der Waals surface area contributed by atoms with E-state index in [1.807, 2.05) is 11.3 Å². The van der Waals surface area contributed by atoms with E-state index in [0.717, 1.165) is 0 Å². The van der Waals surface area contributed by atoms with Gasteiger partial charge in [0.2, 0.25) is 0 Å². The summed E-state index contributed by atoms with van der Waals surface area (Å²) in [5.74, 6) is 0. The second-order valence-electron chi connectivity index (χ2n) is 6.55. The zero-order valence-electron chi connectivity index (χ0n) is 12.7. The summed E-state index contributed by atoms with van der Waals surface area (Å²) in [5.41, 5.74) is 0.473. The van der Waals surface area contributed by atoms with Crippen molar-refractivity contribution in [2.75, 3.05) is 19.6 Å². The zero-order chi connectivity index (χ0) is 13.8. The predicted molar refractivity (Wildman–Crippen MR) is 87.5 cm³/mol. The zero-order valence-corrected chi connectivity index (χ0v) is 13.6. The predicted octanol–water partition coefficient (Wildman–Crippen LogP) is 3.68.